The summed E-state index contributed by atoms with van der Waals surface area (Å²) in [6, 6.07) is 16.9. The minimum atomic E-state index is -0.223. The van der Waals surface area contributed by atoms with Gasteiger partial charge in [0.15, 0.2) is 0 Å². The Labute approximate surface area is 119 Å². The number of methoxy groups -OCH3 is 1. The van der Waals surface area contributed by atoms with E-state index in [2.05, 4.69) is 48.5 Å². The zero-order valence-corrected chi connectivity index (χ0v) is 11.6. The molecule has 2 aromatic carbocycles. The van der Waals surface area contributed by atoms with Crippen LogP contribution in [0.15, 0.2) is 48.5 Å². The molecule has 2 heteroatoms. The standard InChI is InChI=1S/C18H18O2/c1-20-18(19)17-12-15-6-4-13(5-7-15)2-3-14-8-10-16(17)11-9-14/h4-11,17H,2-3,12H2,1H3/t17-/m0/s1. The Kier molecular flexibility index (Phi) is 3.55. The van der Waals surface area contributed by atoms with E-state index in [4.69, 9.17) is 4.74 Å². The number of hydrogen-bond donors (Lipinski definition) is 0. The smallest absolute Gasteiger partial charge is 0.313 e. The van der Waals surface area contributed by atoms with Crippen molar-refractivity contribution in [3.05, 3.63) is 70.8 Å². The van der Waals surface area contributed by atoms with Gasteiger partial charge >= 0.3 is 5.97 Å². The highest BCUT2D eigenvalue weighted by Crippen LogP contribution is 2.24. The average Bonchev–Trinajstić information content (AvgIpc) is 2.49. The van der Waals surface area contributed by atoms with E-state index in [1.165, 1.54) is 23.8 Å². The third-order valence-electron chi connectivity index (χ3n) is 4.03. The largest absolute Gasteiger partial charge is 0.469 e. The zero-order valence-electron chi connectivity index (χ0n) is 11.6. The van der Waals surface area contributed by atoms with Gasteiger partial charge in [-0.05, 0) is 41.5 Å². The number of hydrogen-bond acceptors (Lipinski definition) is 2. The molecule has 0 radical (unpaired) electrons. The molecule has 0 N–H and O–H groups in total. The van der Waals surface area contributed by atoms with Crippen molar-refractivity contribution in [3.63, 3.8) is 0 Å². The Bertz CT molecular complexity index is 596. The molecule has 4 bridgehead atoms. The van der Waals surface area contributed by atoms with Gasteiger partial charge in [-0.3, -0.25) is 4.79 Å². The summed E-state index contributed by atoms with van der Waals surface area (Å²) in [6.07, 6.45) is 2.77. The topological polar surface area (TPSA) is 26.3 Å². The maximum atomic E-state index is 12.1. The van der Waals surface area contributed by atoms with Crippen molar-refractivity contribution in [3.8, 4) is 0 Å². The van der Waals surface area contributed by atoms with Gasteiger partial charge in [0.25, 0.3) is 0 Å². The fourth-order valence-electron chi connectivity index (χ4n) is 2.76. The molecule has 0 saturated heterocycles. The van der Waals surface area contributed by atoms with E-state index in [9.17, 15) is 4.79 Å². The predicted molar refractivity (Wildman–Crippen MR) is 78.8 cm³/mol. The van der Waals surface area contributed by atoms with Gasteiger partial charge in [0.1, 0.15) is 0 Å². The van der Waals surface area contributed by atoms with Gasteiger partial charge in [0.2, 0.25) is 0 Å². The van der Waals surface area contributed by atoms with Gasteiger partial charge in [-0.1, -0.05) is 48.5 Å². The first-order chi connectivity index (χ1) is 9.76. The predicted octanol–water partition coefficient (Wildman–Crippen LogP) is 3.28. The maximum Gasteiger partial charge on any atom is 0.313 e. The van der Waals surface area contributed by atoms with Crippen LogP contribution in [0.4, 0.5) is 0 Å². The summed E-state index contributed by atoms with van der Waals surface area (Å²) in [5.41, 5.74) is 4.86. The van der Waals surface area contributed by atoms with Crippen molar-refractivity contribution in [2.45, 2.75) is 25.2 Å². The van der Waals surface area contributed by atoms with Crippen molar-refractivity contribution in [2.75, 3.05) is 7.11 Å². The summed E-state index contributed by atoms with van der Waals surface area (Å²) in [6.45, 7) is 0. The molecule has 0 spiro atoms. The fourth-order valence-corrected chi connectivity index (χ4v) is 2.76. The number of ether oxygens (including phenoxy) is 1. The van der Waals surface area contributed by atoms with E-state index < -0.39 is 0 Å². The lowest BCUT2D eigenvalue weighted by atomic mass is 9.89. The molecule has 2 nitrogen and oxygen atoms in total. The van der Waals surface area contributed by atoms with Gasteiger partial charge in [0.05, 0.1) is 13.0 Å². The van der Waals surface area contributed by atoms with E-state index in [-0.39, 0.29) is 11.9 Å². The molecule has 0 aliphatic heterocycles. The normalized spacial score (nSPS) is 17.4. The van der Waals surface area contributed by atoms with Crippen LogP contribution in [0, 0.1) is 0 Å². The molecule has 4 aliphatic carbocycles. The first kappa shape index (κ1) is 12.9. The molecule has 102 valence electrons. The highest BCUT2D eigenvalue weighted by Gasteiger charge is 2.22. The molecule has 6 rings (SSSR count). The molecule has 20 heavy (non-hydrogen) atoms. The van der Waals surface area contributed by atoms with E-state index in [1.54, 1.807) is 0 Å². The van der Waals surface area contributed by atoms with Crippen LogP contribution in [0.5, 0.6) is 0 Å². The zero-order chi connectivity index (χ0) is 13.9. The Morgan fingerprint density at radius 1 is 0.900 bits per heavy atom. The van der Waals surface area contributed by atoms with Crippen LogP contribution in [-0.4, -0.2) is 13.1 Å². The molecule has 0 saturated carbocycles. The first-order valence-corrected chi connectivity index (χ1v) is 7.01. The second-order valence-corrected chi connectivity index (χ2v) is 5.34. The molecule has 0 fully saturated rings. The second-order valence-electron chi connectivity index (χ2n) is 5.34. The van der Waals surface area contributed by atoms with E-state index in [0.717, 1.165) is 18.4 Å². The van der Waals surface area contributed by atoms with Crippen LogP contribution in [0.1, 0.15) is 28.2 Å². The molecule has 0 amide bonds. The first-order valence-electron chi connectivity index (χ1n) is 7.01. The Morgan fingerprint density at radius 3 is 1.95 bits per heavy atom. The number of aryl methyl sites for hydroxylation is 2. The summed E-state index contributed by atoms with van der Waals surface area (Å²) in [4.78, 5) is 12.1. The minimum absolute atomic E-state index is 0.168. The van der Waals surface area contributed by atoms with Gasteiger partial charge in [-0.15, -0.1) is 0 Å². The Hall–Kier alpha value is -2.09. The highest BCUT2D eigenvalue weighted by molar-refractivity contribution is 5.78. The van der Waals surface area contributed by atoms with Crippen LogP contribution in [0.3, 0.4) is 0 Å². The van der Waals surface area contributed by atoms with Crippen LogP contribution in [-0.2, 0) is 28.8 Å². The van der Waals surface area contributed by atoms with Crippen molar-refractivity contribution in [1.82, 2.24) is 0 Å². The molecular formula is C18H18O2. The third kappa shape index (κ3) is 2.60. The van der Waals surface area contributed by atoms with Gasteiger partial charge in [-0.25, -0.2) is 0 Å². The maximum absolute atomic E-state index is 12.1. The minimum Gasteiger partial charge on any atom is -0.469 e. The Balaban J connectivity index is 2.04. The number of carbonyl (C=O) groups excluding carboxylic acids is 1. The van der Waals surface area contributed by atoms with Crippen LogP contribution in [0.25, 0.3) is 0 Å². The van der Waals surface area contributed by atoms with Crippen LogP contribution in [0.2, 0.25) is 0 Å². The van der Waals surface area contributed by atoms with E-state index in [1.807, 2.05) is 0 Å². The quantitative estimate of drug-likeness (QED) is 0.740. The van der Waals surface area contributed by atoms with Gasteiger partial charge in [-0.2, -0.15) is 0 Å². The summed E-state index contributed by atoms with van der Waals surface area (Å²) < 4.78 is 4.97. The third-order valence-corrected chi connectivity index (χ3v) is 4.03. The van der Waals surface area contributed by atoms with Gasteiger partial charge in [0, 0.05) is 0 Å². The van der Waals surface area contributed by atoms with Crippen molar-refractivity contribution < 1.29 is 9.53 Å². The van der Waals surface area contributed by atoms with Crippen molar-refractivity contribution >= 4 is 5.97 Å². The molecule has 2 aromatic rings. The lowest BCUT2D eigenvalue weighted by Crippen LogP contribution is -2.17. The van der Waals surface area contributed by atoms with Crippen molar-refractivity contribution in [2.24, 2.45) is 0 Å². The summed E-state index contributed by atoms with van der Waals surface area (Å²) in [5.74, 6) is -0.391. The molecule has 4 aliphatic rings. The summed E-state index contributed by atoms with van der Waals surface area (Å²) in [5, 5.41) is 0. The fraction of sp³-hybridized carbons (Fsp3) is 0.278. The lowest BCUT2D eigenvalue weighted by molar-refractivity contribution is -0.142. The Morgan fingerprint density at radius 2 is 1.40 bits per heavy atom. The van der Waals surface area contributed by atoms with E-state index >= 15 is 0 Å². The highest BCUT2D eigenvalue weighted by atomic mass is 16.5. The molecular weight excluding hydrogens is 248 g/mol. The van der Waals surface area contributed by atoms with Crippen molar-refractivity contribution in [1.29, 1.82) is 0 Å². The summed E-state index contributed by atoms with van der Waals surface area (Å²) >= 11 is 0. The van der Waals surface area contributed by atoms with Crippen LogP contribution >= 0.6 is 0 Å². The molecule has 0 aromatic heterocycles. The monoisotopic (exact) mass is 266 g/mol. The van der Waals surface area contributed by atoms with E-state index in [0.29, 0.717) is 6.42 Å². The summed E-state index contributed by atoms with van der Waals surface area (Å²) in [7, 11) is 1.45. The van der Waals surface area contributed by atoms with Crippen LogP contribution < -0.4 is 0 Å². The molecule has 0 unspecified atom stereocenters. The molecule has 1 atom stereocenters. The molecule has 0 heterocycles. The number of esters is 1. The SMILES string of the molecule is COC(=O)[C@H]1Cc2ccc(cc2)CCc2ccc1cc2. The number of benzene rings is 2. The number of carbonyl (C=O) groups is 1. The number of rotatable bonds is 1. The lowest BCUT2D eigenvalue weighted by Gasteiger charge is -2.17. The average molecular weight is 266 g/mol. The second kappa shape index (κ2) is 5.49. The van der Waals surface area contributed by atoms with Gasteiger partial charge < -0.3 is 4.74 Å².